The molecule has 2 fully saturated rings. The zero-order valence-corrected chi connectivity index (χ0v) is 24.9. The van der Waals surface area contributed by atoms with E-state index in [4.69, 9.17) is 16.0 Å². The molecule has 7 nitrogen and oxygen atoms in total. The highest BCUT2D eigenvalue weighted by molar-refractivity contribution is 6.30. The molecule has 0 saturated carbocycles. The van der Waals surface area contributed by atoms with E-state index in [9.17, 15) is 14.4 Å². The highest BCUT2D eigenvalue weighted by atomic mass is 35.5. The Balaban J connectivity index is 1.14. The standard InChI is InChI=1S/C35H36ClN3O4/c36-27-13-11-24(12-14-27)20-28(37-35(42)33-21-31(40)30-8-3-4-9-32(30)43-33)23-38-18-15-25(16-19-38)29-7-2-1-6-26(29)22-39-17-5-10-34(39)41/h1-4,6-9,11-14,21,25,28H,5,10,15-20,22-23H2,(H,37,42)/t28-/m1/s1. The van der Waals surface area contributed by atoms with Gasteiger partial charge in [0.05, 0.1) is 5.39 Å². The zero-order valence-electron chi connectivity index (χ0n) is 24.1. The van der Waals surface area contributed by atoms with Crippen molar-refractivity contribution < 1.29 is 14.0 Å². The molecule has 0 bridgehead atoms. The van der Waals surface area contributed by atoms with Gasteiger partial charge in [0.2, 0.25) is 5.91 Å². The second-order valence-electron chi connectivity index (χ2n) is 11.7. The molecular weight excluding hydrogens is 562 g/mol. The van der Waals surface area contributed by atoms with Crippen LogP contribution in [-0.4, -0.2) is 53.8 Å². The van der Waals surface area contributed by atoms with Gasteiger partial charge in [-0.25, -0.2) is 0 Å². The normalized spacial score (nSPS) is 17.0. The van der Waals surface area contributed by atoms with Gasteiger partial charge in [-0.2, -0.15) is 0 Å². The predicted molar refractivity (Wildman–Crippen MR) is 168 cm³/mol. The lowest BCUT2D eigenvalue weighted by Gasteiger charge is -2.35. The molecule has 6 rings (SSSR count). The van der Waals surface area contributed by atoms with Crippen LogP contribution in [0.2, 0.25) is 5.02 Å². The molecule has 0 radical (unpaired) electrons. The van der Waals surface area contributed by atoms with E-state index < -0.39 is 5.91 Å². The molecule has 0 unspecified atom stereocenters. The van der Waals surface area contributed by atoms with Crippen LogP contribution in [0.1, 0.15) is 58.8 Å². The first kappa shape index (κ1) is 29.1. The summed E-state index contributed by atoms with van der Waals surface area (Å²) in [4.78, 5) is 42.6. The molecule has 4 aromatic rings. The van der Waals surface area contributed by atoms with Crippen molar-refractivity contribution in [1.82, 2.24) is 15.1 Å². The highest BCUT2D eigenvalue weighted by Crippen LogP contribution is 2.32. The van der Waals surface area contributed by atoms with Crippen molar-refractivity contribution in [2.24, 2.45) is 0 Å². The number of fused-ring (bicyclic) bond motifs is 1. The number of carbonyl (C=O) groups excluding carboxylic acids is 2. The van der Waals surface area contributed by atoms with E-state index in [0.717, 1.165) is 44.5 Å². The maximum Gasteiger partial charge on any atom is 0.287 e. The Morgan fingerprint density at radius 1 is 0.953 bits per heavy atom. The minimum Gasteiger partial charge on any atom is -0.451 e. The Hall–Kier alpha value is -3.94. The van der Waals surface area contributed by atoms with Crippen molar-refractivity contribution in [3.05, 3.63) is 117 Å². The van der Waals surface area contributed by atoms with Gasteiger partial charge in [0.25, 0.3) is 5.91 Å². The van der Waals surface area contributed by atoms with Gasteiger partial charge in [-0.1, -0.05) is 60.1 Å². The molecule has 1 N–H and O–H groups in total. The molecule has 2 aliphatic rings. The third-order valence-corrected chi connectivity index (χ3v) is 8.93. The molecule has 222 valence electrons. The average Bonchev–Trinajstić information content (AvgIpc) is 3.42. The number of benzene rings is 3. The number of carbonyl (C=O) groups is 2. The van der Waals surface area contributed by atoms with E-state index in [1.807, 2.05) is 29.2 Å². The molecule has 3 aromatic carbocycles. The number of halogens is 1. The quantitative estimate of drug-likeness (QED) is 0.264. The Labute approximate surface area is 256 Å². The third-order valence-electron chi connectivity index (χ3n) is 8.68. The van der Waals surface area contributed by atoms with Crippen LogP contribution in [0.15, 0.2) is 88.1 Å². The van der Waals surface area contributed by atoms with Gasteiger partial charge in [-0.15, -0.1) is 0 Å². The summed E-state index contributed by atoms with van der Waals surface area (Å²) < 4.78 is 5.82. The molecule has 2 saturated heterocycles. The predicted octanol–water partition coefficient (Wildman–Crippen LogP) is 5.79. The second-order valence-corrected chi connectivity index (χ2v) is 12.1. The summed E-state index contributed by atoms with van der Waals surface area (Å²) >= 11 is 6.12. The van der Waals surface area contributed by atoms with Crippen molar-refractivity contribution in [2.75, 3.05) is 26.2 Å². The maximum atomic E-state index is 13.4. The van der Waals surface area contributed by atoms with Crippen LogP contribution in [0.4, 0.5) is 0 Å². The van der Waals surface area contributed by atoms with E-state index in [-0.39, 0.29) is 23.1 Å². The first-order chi connectivity index (χ1) is 20.9. The molecule has 1 aromatic heterocycles. The molecule has 8 heteroatoms. The summed E-state index contributed by atoms with van der Waals surface area (Å²) in [6.07, 6.45) is 4.23. The van der Waals surface area contributed by atoms with Crippen LogP contribution in [0.5, 0.6) is 0 Å². The van der Waals surface area contributed by atoms with E-state index in [1.54, 1.807) is 24.3 Å². The molecule has 1 atom stereocenters. The second kappa shape index (κ2) is 13.1. The Kier molecular flexibility index (Phi) is 8.91. The van der Waals surface area contributed by atoms with Gasteiger partial charge in [0.15, 0.2) is 11.2 Å². The fourth-order valence-electron chi connectivity index (χ4n) is 6.43. The van der Waals surface area contributed by atoms with Gasteiger partial charge in [-0.05, 0) is 85.6 Å². The minimum atomic E-state index is -0.401. The third kappa shape index (κ3) is 7.00. The van der Waals surface area contributed by atoms with Crippen LogP contribution in [0.25, 0.3) is 11.0 Å². The number of likely N-dealkylation sites (tertiary alicyclic amines) is 2. The lowest BCUT2D eigenvalue weighted by molar-refractivity contribution is -0.128. The Bertz CT molecular complexity index is 1660. The van der Waals surface area contributed by atoms with E-state index in [1.165, 1.54) is 17.2 Å². The summed E-state index contributed by atoms with van der Waals surface area (Å²) in [6, 6.07) is 24.2. The molecular formula is C35H36ClN3O4. The van der Waals surface area contributed by atoms with Crippen molar-refractivity contribution in [1.29, 1.82) is 0 Å². The van der Waals surface area contributed by atoms with Crippen LogP contribution in [0, 0.1) is 0 Å². The Morgan fingerprint density at radius 2 is 1.70 bits per heavy atom. The molecule has 2 amide bonds. The van der Waals surface area contributed by atoms with Crippen LogP contribution in [0.3, 0.4) is 0 Å². The number of para-hydroxylation sites is 1. The van der Waals surface area contributed by atoms with E-state index >= 15 is 0 Å². The van der Waals surface area contributed by atoms with Crippen molar-refractivity contribution in [3.8, 4) is 0 Å². The summed E-state index contributed by atoms with van der Waals surface area (Å²) in [6.45, 7) is 4.01. The van der Waals surface area contributed by atoms with E-state index in [0.29, 0.717) is 47.8 Å². The fraction of sp³-hybridized carbons (Fsp3) is 0.343. The first-order valence-corrected chi connectivity index (χ1v) is 15.5. The number of amides is 2. The summed E-state index contributed by atoms with van der Waals surface area (Å²) in [7, 11) is 0. The number of nitrogens with zero attached hydrogens (tertiary/aromatic N) is 2. The molecule has 43 heavy (non-hydrogen) atoms. The Morgan fingerprint density at radius 3 is 2.47 bits per heavy atom. The van der Waals surface area contributed by atoms with Gasteiger partial charge in [0.1, 0.15) is 5.58 Å². The highest BCUT2D eigenvalue weighted by Gasteiger charge is 2.27. The lowest BCUT2D eigenvalue weighted by Crippen LogP contribution is -2.47. The number of nitrogens with one attached hydrogen (secondary N) is 1. The average molecular weight is 598 g/mol. The maximum absolute atomic E-state index is 13.4. The van der Waals surface area contributed by atoms with Crippen molar-refractivity contribution in [3.63, 3.8) is 0 Å². The number of rotatable bonds is 9. The fourth-order valence-corrected chi connectivity index (χ4v) is 6.56. The SMILES string of the molecule is O=C(N[C@H](Cc1ccc(Cl)cc1)CN1CCC(c2ccccc2CN2CCCC2=O)CC1)c1cc(=O)c2ccccc2o1. The molecule has 0 spiro atoms. The topological polar surface area (TPSA) is 82.9 Å². The van der Waals surface area contributed by atoms with Gasteiger partial charge in [-0.3, -0.25) is 14.4 Å². The summed E-state index contributed by atoms with van der Waals surface area (Å²) in [5.41, 5.74) is 3.82. The first-order valence-electron chi connectivity index (χ1n) is 15.1. The smallest absolute Gasteiger partial charge is 0.287 e. The van der Waals surface area contributed by atoms with Crippen LogP contribution < -0.4 is 10.7 Å². The summed E-state index contributed by atoms with van der Waals surface area (Å²) in [5, 5.41) is 4.27. The van der Waals surface area contributed by atoms with Gasteiger partial charge < -0.3 is 19.5 Å². The van der Waals surface area contributed by atoms with Crippen molar-refractivity contribution in [2.45, 2.75) is 50.6 Å². The van der Waals surface area contributed by atoms with Gasteiger partial charge in [0, 0.05) is 43.2 Å². The van der Waals surface area contributed by atoms with Crippen LogP contribution >= 0.6 is 11.6 Å². The van der Waals surface area contributed by atoms with E-state index in [2.05, 4.69) is 34.5 Å². The monoisotopic (exact) mass is 597 g/mol. The minimum absolute atomic E-state index is 0.0107. The number of hydrogen-bond acceptors (Lipinski definition) is 5. The number of hydrogen-bond donors (Lipinski definition) is 1. The summed E-state index contributed by atoms with van der Waals surface area (Å²) in [5.74, 6) is 0.293. The van der Waals surface area contributed by atoms with Crippen molar-refractivity contribution >= 4 is 34.4 Å². The molecule has 3 heterocycles. The molecule has 0 aliphatic carbocycles. The lowest BCUT2D eigenvalue weighted by atomic mass is 9.86. The largest absolute Gasteiger partial charge is 0.451 e. The molecule has 2 aliphatic heterocycles. The number of piperidine rings is 1. The zero-order chi connectivity index (χ0) is 29.8. The van der Waals surface area contributed by atoms with Gasteiger partial charge >= 0.3 is 0 Å². The van der Waals surface area contributed by atoms with Crippen LogP contribution in [-0.2, 0) is 17.8 Å².